The first-order valence-electron chi connectivity index (χ1n) is 10.5. The normalized spacial score (nSPS) is 17.8. The van der Waals surface area contributed by atoms with Crippen molar-refractivity contribution in [1.29, 1.82) is 0 Å². The molecule has 4 rings (SSSR count). The summed E-state index contributed by atoms with van der Waals surface area (Å²) in [5.74, 6) is 0.919. The van der Waals surface area contributed by atoms with Crippen LogP contribution in [0.4, 0.5) is 5.69 Å². The van der Waals surface area contributed by atoms with Gasteiger partial charge in [0.05, 0.1) is 7.11 Å². The minimum atomic E-state index is -0.154. The Bertz CT molecular complexity index is 882. The third-order valence-electron chi connectivity index (χ3n) is 6.10. The van der Waals surface area contributed by atoms with Crippen LogP contribution in [0.15, 0.2) is 48.5 Å². The Hall–Kier alpha value is -2.86. The van der Waals surface area contributed by atoms with E-state index in [1.165, 1.54) is 5.56 Å². The van der Waals surface area contributed by atoms with E-state index in [2.05, 4.69) is 22.8 Å². The lowest BCUT2D eigenvalue weighted by molar-refractivity contribution is -0.117. The standard InChI is InChI=1S/C24H28N2O4/c1-29-21-10-6-19(7-11-21)24(12-14-30-15-13-24)16-25-22(27)17-4-8-20(9-5-17)26-23(28)18-2-3-18/h4-11,18H,2-3,12-16H2,1H3,(H,25,27)(H,26,28). The maximum Gasteiger partial charge on any atom is 0.251 e. The Morgan fingerprint density at radius 3 is 2.30 bits per heavy atom. The molecule has 0 unspecified atom stereocenters. The molecule has 6 heteroatoms. The number of methoxy groups -OCH3 is 1. The van der Waals surface area contributed by atoms with Crippen molar-refractivity contribution in [2.75, 3.05) is 32.2 Å². The van der Waals surface area contributed by atoms with Gasteiger partial charge in [0.2, 0.25) is 5.91 Å². The Balaban J connectivity index is 1.41. The van der Waals surface area contributed by atoms with Gasteiger partial charge in [-0.3, -0.25) is 9.59 Å². The zero-order chi connectivity index (χ0) is 21.0. The number of amides is 2. The van der Waals surface area contributed by atoms with Crippen LogP contribution in [0.2, 0.25) is 0 Å². The quantitative estimate of drug-likeness (QED) is 0.735. The highest BCUT2D eigenvalue weighted by Gasteiger charge is 2.35. The molecule has 158 valence electrons. The van der Waals surface area contributed by atoms with E-state index >= 15 is 0 Å². The topological polar surface area (TPSA) is 76.7 Å². The molecule has 2 fully saturated rings. The first kappa shape index (κ1) is 20.4. The van der Waals surface area contributed by atoms with Gasteiger partial charge in [-0.05, 0) is 67.6 Å². The SMILES string of the molecule is COc1ccc(C2(CNC(=O)c3ccc(NC(=O)C4CC4)cc3)CCOCC2)cc1. The largest absolute Gasteiger partial charge is 0.497 e. The first-order chi connectivity index (χ1) is 14.6. The van der Waals surface area contributed by atoms with Crippen molar-refractivity contribution < 1.29 is 19.1 Å². The molecule has 0 radical (unpaired) electrons. The molecule has 1 saturated carbocycles. The molecule has 2 aromatic carbocycles. The van der Waals surface area contributed by atoms with E-state index in [-0.39, 0.29) is 23.1 Å². The van der Waals surface area contributed by atoms with Gasteiger partial charge in [0.15, 0.2) is 0 Å². The zero-order valence-electron chi connectivity index (χ0n) is 17.3. The van der Waals surface area contributed by atoms with E-state index in [4.69, 9.17) is 9.47 Å². The van der Waals surface area contributed by atoms with Crippen LogP contribution in [0, 0.1) is 5.92 Å². The molecule has 30 heavy (non-hydrogen) atoms. The molecule has 0 bridgehead atoms. The Kier molecular flexibility index (Phi) is 6.04. The number of carbonyl (C=O) groups excluding carboxylic acids is 2. The Morgan fingerprint density at radius 1 is 1.03 bits per heavy atom. The van der Waals surface area contributed by atoms with Crippen molar-refractivity contribution >= 4 is 17.5 Å². The predicted molar refractivity (Wildman–Crippen MR) is 115 cm³/mol. The van der Waals surface area contributed by atoms with Crippen molar-refractivity contribution in [3.8, 4) is 5.75 Å². The van der Waals surface area contributed by atoms with Gasteiger partial charge in [-0.25, -0.2) is 0 Å². The average Bonchev–Trinajstić information content (AvgIpc) is 3.64. The predicted octanol–water partition coefficient (Wildman–Crippen LogP) is 3.52. The second kappa shape index (κ2) is 8.88. The van der Waals surface area contributed by atoms with Crippen LogP contribution in [0.5, 0.6) is 5.75 Å². The maximum absolute atomic E-state index is 12.8. The van der Waals surface area contributed by atoms with E-state index in [0.29, 0.717) is 25.3 Å². The maximum atomic E-state index is 12.8. The van der Waals surface area contributed by atoms with Gasteiger partial charge in [-0.2, -0.15) is 0 Å². The van der Waals surface area contributed by atoms with Gasteiger partial charge in [0.25, 0.3) is 5.91 Å². The number of benzene rings is 2. The van der Waals surface area contributed by atoms with Gasteiger partial charge in [0, 0.05) is 42.3 Å². The van der Waals surface area contributed by atoms with Gasteiger partial charge >= 0.3 is 0 Å². The van der Waals surface area contributed by atoms with Crippen LogP contribution in [-0.2, 0) is 14.9 Å². The number of ether oxygens (including phenoxy) is 2. The van der Waals surface area contributed by atoms with E-state index in [1.54, 1.807) is 31.4 Å². The average molecular weight is 408 g/mol. The van der Waals surface area contributed by atoms with E-state index in [1.807, 2.05) is 12.1 Å². The van der Waals surface area contributed by atoms with Crippen LogP contribution in [0.1, 0.15) is 41.6 Å². The van der Waals surface area contributed by atoms with Crippen LogP contribution in [0.3, 0.4) is 0 Å². The van der Waals surface area contributed by atoms with Crippen LogP contribution >= 0.6 is 0 Å². The summed E-state index contributed by atoms with van der Waals surface area (Å²) in [5, 5.41) is 6.01. The fraction of sp³-hybridized carbons (Fsp3) is 0.417. The van der Waals surface area contributed by atoms with E-state index < -0.39 is 0 Å². The molecule has 2 aliphatic rings. The molecular weight excluding hydrogens is 380 g/mol. The van der Waals surface area contributed by atoms with Crippen molar-refractivity contribution in [1.82, 2.24) is 5.32 Å². The zero-order valence-corrected chi connectivity index (χ0v) is 17.3. The third kappa shape index (κ3) is 4.65. The lowest BCUT2D eigenvalue weighted by Crippen LogP contribution is -2.44. The number of hydrogen-bond donors (Lipinski definition) is 2. The van der Waals surface area contributed by atoms with Gasteiger partial charge in [0.1, 0.15) is 5.75 Å². The van der Waals surface area contributed by atoms with Crippen molar-refractivity contribution in [3.63, 3.8) is 0 Å². The third-order valence-corrected chi connectivity index (χ3v) is 6.10. The fourth-order valence-electron chi connectivity index (χ4n) is 3.92. The molecule has 1 heterocycles. The molecule has 1 aliphatic heterocycles. The molecule has 0 aromatic heterocycles. The molecule has 0 spiro atoms. The molecule has 2 amide bonds. The Morgan fingerprint density at radius 2 is 1.70 bits per heavy atom. The van der Waals surface area contributed by atoms with Crippen LogP contribution in [0.25, 0.3) is 0 Å². The fourth-order valence-corrected chi connectivity index (χ4v) is 3.92. The van der Waals surface area contributed by atoms with Crippen molar-refractivity contribution in [2.24, 2.45) is 5.92 Å². The molecule has 2 aromatic rings. The lowest BCUT2D eigenvalue weighted by atomic mass is 9.74. The van der Waals surface area contributed by atoms with Crippen LogP contribution in [-0.4, -0.2) is 38.7 Å². The summed E-state index contributed by atoms with van der Waals surface area (Å²) in [6.45, 7) is 1.90. The lowest BCUT2D eigenvalue weighted by Gasteiger charge is -2.38. The molecular formula is C24H28N2O4. The highest BCUT2D eigenvalue weighted by Crippen LogP contribution is 2.35. The summed E-state index contributed by atoms with van der Waals surface area (Å²) in [6.07, 6.45) is 3.64. The monoisotopic (exact) mass is 408 g/mol. The minimum absolute atomic E-state index is 0.0631. The Labute approximate surface area is 177 Å². The van der Waals surface area contributed by atoms with Gasteiger partial charge in [-0.1, -0.05) is 12.1 Å². The molecule has 2 N–H and O–H groups in total. The van der Waals surface area contributed by atoms with Gasteiger partial charge in [-0.15, -0.1) is 0 Å². The van der Waals surface area contributed by atoms with Crippen molar-refractivity contribution in [2.45, 2.75) is 31.1 Å². The highest BCUT2D eigenvalue weighted by molar-refractivity contribution is 5.96. The first-order valence-corrected chi connectivity index (χ1v) is 10.5. The smallest absolute Gasteiger partial charge is 0.251 e. The van der Waals surface area contributed by atoms with E-state index in [0.717, 1.165) is 37.1 Å². The highest BCUT2D eigenvalue weighted by atomic mass is 16.5. The summed E-state index contributed by atoms with van der Waals surface area (Å²) in [4.78, 5) is 24.6. The summed E-state index contributed by atoms with van der Waals surface area (Å²) in [7, 11) is 1.65. The summed E-state index contributed by atoms with van der Waals surface area (Å²) >= 11 is 0. The number of rotatable bonds is 7. The molecule has 6 nitrogen and oxygen atoms in total. The molecule has 1 aliphatic carbocycles. The number of carbonyl (C=O) groups is 2. The van der Waals surface area contributed by atoms with Gasteiger partial charge < -0.3 is 20.1 Å². The number of nitrogens with one attached hydrogen (secondary N) is 2. The summed E-state index contributed by atoms with van der Waals surface area (Å²) in [6, 6.07) is 15.1. The van der Waals surface area contributed by atoms with Crippen molar-refractivity contribution in [3.05, 3.63) is 59.7 Å². The second-order valence-electron chi connectivity index (χ2n) is 8.14. The minimum Gasteiger partial charge on any atom is -0.497 e. The number of hydrogen-bond acceptors (Lipinski definition) is 4. The second-order valence-corrected chi connectivity index (χ2v) is 8.14. The molecule has 0 atom stereocenters. The van der Waals surface area contributed by atoms with E-state index in [9.17, 15) is 9.59 Å². The van der Waals surface area contributed by atoms with Crippen LogP contribution < -0.4 is 15.4 Å². The summed E-state index contributed by atoms with van der Waals surface area (Å²) < 4.78 is 10.9. The summed E-state index contributed by atoms with van der Waals surface area (Å²) in [5.41, 5.74) is 2.34. The number of anilines is 1. The molecule has 1 saturated heterocycles.